The van der Waals surface area contributed by atoms with Gasteiger partial charge in [0.2, 0.25) is 0 Å². The van der Waals surface area contributed by atoms with Gasteiger partial charge in [-0.3, -0.25) is 4.79 Å². The summed E-state index contributed by atoms with van der Waals surface area (Å²) in [5.41, 5.74) is 0. The van der Waals surface area contributed by atoms with Gasteiger partial charge in [0, 0.05) is 0 Å². The molecule has 0 saturated heterocycles. The average molecular weight is 168 g/mol. The first-order chi connectivity index (χ1) is 5.43. The van der Waals surface area contributed by atoms with Crippen molar-refractivity contribution in [3.8, 4) is 0 Å². The molecule has 0 aromatic carbocycles. The van der Waals surface area contributed by atoms with Gasteiger partial charge in [0.05, 0.1) is 12.0 Å². The lowest BCUT2D eigenvalue weighted by atomic mass is 10.5. The molecule has 0 amide bonds. The fraction of sp³-hybridized carbons (Fsp3) is 0.125. The molecular formula is C8H8O2S. The van der Waals surface area contributed by atoms with E-state index in [9.17, 15) is 4.79 Å². The van der Waals surface area contributed by atoms with E-state index in [0.717, 1.165) is 17.8 Å². The molecule has 0 aliphatic carbocycles. The number of aldehydes is 1. The highest BCUT2D eigenvalue weighted by atomic mass is 32.2. The van der Waals surface area contributed by atoms with Crippen molar-refractivity contribution in [3.05, 3.63) is 35.6 Å². The lowest BCUT2D eigenvalue weighted by Gasteiger charge is -1.88. The topological polar surface area (TPSA) is 30.2 Å². The van der Waals surface area contributed by atoms with Crippen molar-refractivity contribution in [2.75, 3.05) is 0 Å². The van der Waals surface area contributed by atoms with Crippen molar-refractivity contribution < 1.29 is 9.21 Å². The molecule has 0 saturated carbocycles. The Labute approximate surface area is 69.3 Å². The summed E-state index contributed by atoms with van der Waals surface area (Å²) in [7, 11) is 0. The van der Waals surface area contributed by atoms with Crippen LogP contribution < -0.4 is 0 Å². The van der Waals surface area contributed by atoms with Crippen LogP contribution in [0.4, 0.5) is 0 Å². The zero-order chi connectivity index (χ0) is 7.94. The molecule has 0 spiro atoms. The van der Waals surface area contributed by atoms with E-state index in [4.69, 9.17) is 4.42 Å². The van der Waals surface area contributed by atoms with Gasteiger partial charge in [-0.05, 0) is 23.6 Å². The summed E-state index contributed by atoms with van der Waals surface area (Å²) in [6.45, 7) is 0. The Morgan fingerprint density at radius 3 is 3.18 bits per heavy atom. The predicted molar refractivity (Wildman–Crippen MR) is 45.2 cm³/mol. The van der Waals surface area contributed by atoms with E-state index < -0.39 is 0 Å². The van der Waals surface area contributed by atoms with Crippen molar-refractivity contribution in [2.45, 2.75) is 5.75 Å². The Kier molecular flexibility index (Phi) is 3.55. The van der Waals surface area contributed by atoms with Crippen LogP contribution in [0.1, 0.15) is 5.76 Å². The second kappa shape index (κ2) is 4.79. The van der Waals surface area contributed by atoms with E-state index in [1.54, 1.807) is 11.7 Å². The number of thioether (sulfide) groups is 1. The molecule has 0 aliphatic heterocycles. The second-order valence-electron chi connectivity index (χ2n) is 1.85. The summed E-state index contributed by atoms with van der Waals surface area (Å²) in [6, 6.07) is 3.75. The van der Waals surface area contributed by atoms with Gasteiger partial charge in [-0.25, -0.2) is 0 Å². The molecule has 0 unspecified atom stereocenters. The standard InChI is InChI=1S/C8H8O2S/c9-4-2-6-11-7-8-3-1-5-10-8/h1-6H,7H2/b6-2+. The molecular weight excluding hydrogens is 160 g/mol. The molecule has 1 aromatic heterocycles. The van der Waals surface area contributed by atoms with Crippen LogP contribution >= 0.6 is 11.8 Å². The molecule has 1 aromatic rings. The molecule has 0 atom stereocenters. The van der Waals surface area contributed by atoms with Gasteiger partial charge in [-0.1, -0.05) is 0 Å². The summed E-state index contributed by atoms with van der Waals surface area (Å²) in [4.78, 5) is 9.84. The van der Waals surface area contributed by atoms with Crippen LogP contribution in [0.5, 0.6) is 0 Å². The number of hydrogen-bond donors (Lipinski definition) is 0. The van der Waals surface area contributed by atoms with E-state index in [0.29, 0.717) is 0 Å². The van der Waals surface area contributed by atoms with Crippen LogP contribution in [0.15, 0.2) is 34.3 Å². The van der Waals surface area contributed by atoms with E-state index >= 15 is 0 Å². The van der Waals surface area contributed by atoms with Crippen molar-refractivity contribution in [3.63, 3.8) is 0 Å². The SMILES string of the molecule is O=C/C=C/SCc1ccco1. The number of carbonyl (C=O) groups is 1. The van der Waals surface area contributed by atoms with Crippen molar-refractivity contribution >= 4 is 18.0 Å². The van der Waals surface area contributed by atoms with Gasteiger partial charge in [0.1, 0.15) is 12.0 Å². The highest BCUT2D eigenvalue weighted by Gasteiger charge is 1.91. The summed E-state index contributed by atoms with van der Waals surface area (Å²) in [5.74, 6) is 1.70. The highest BCUT2D eigenvalue weighted by Crippen LogP contribution is 2.12. The molecule has 0 fully saturated rings. The quantitative estimate of drug-likeness (QED) is 0.510. The monoisotopic (exact) mass is 168 g/mol. The maximum absolute atomic E-state index is 9.84. The van der Waals surface area contributed by atoms with Crippen LogP contribution in [0, 0.1) is 0 Å². The Morgan fingerprint density at radius 1 is 1.64 bits per heavy atom. The third-order valence-corrected chi connectivity index (χ3v) is 1.86. The van der Waals surface area contributed by atoms with E-state index in [1.165, 1.54) is 17.8 Å². The molecule has 1 heterocycles. The molecule has 3 heteroatoms. The lowest BCUT2D eigenvalue weighted by molar-refractivity contribution is -0.104. The summed E-state index contributed by atoms with van der Waals surface area (Å²) < 4.78 is 5.07. The molecule has 2 nitrogen and oxygen atoms in total. The zero-order valence-corrected chi connectivity index (χ0v) is 6.71. The van der Waals surface area contributed by atoms with E-state index in [-0.39, 0.29) is 0 Å². The molecule has 11 heavy (non-hydrogen) atoms. The molecule has 58 valence electrons. The largest absolute Gasteiger partial charge is 0.468 e. The fourth-order valence-corrected chi connectivity index (χ4v) is 1.21. The van der Waals surface area contributed by atoms with Gasteiger partial charge in [0.15, 0.2) is 0 Å². The Balaban J connectivity index is 2.23. The van der Waals surface area contributed by atoms with Gasteiger partial charge in [-0.2, -0.15) is 0 Å². The summed E-state index contributed by atoms with van der Waals surface area (Å²) in [6.07, 6.45) is 3.86. The van der Waals surface area contributed by atoms with Gasteiger partial charge in [-0.15, -0.1) is 11.8 Å². The van der Waals surface area contributed by atoms with Gasteiger partial charge in [0.25, 0.3) is 0 Å². The normalized spacial score (nSPS) is 10.5. The van der Waals surface area contributed by atoms with Crippen molar-refractivity contribution in [1.29, 1.82) is 0 Å². The van der Waals surface area contributed by atoms with Crippen LogP contribution in [0.25, 0.3) is 0 Å². The highest BCUT2D eigenvalue weighted by molar-refractivity contribution is 8.01. The first-order valence-corrected chi connectivity index (χ1v) is 4.22. The first-order valence-electron chi connectivity index (χ1n) is 3.18. The molecule has 0 radical (unpaired) electrons. The zero-order valence-electron chi connectivity index (χ0n) is 5.90. The maximum atomic E-state index is 9.84. The third kappa shape index (κ3) is 3.09. The first kappa shape index (κ1) is 8.14. The van der Waals surface area contributed by atoms with Crippen molar-refractivity contribution in [2.24, 2.45) is 0 Å². The Morgan fingerprint density at radius 2 is 2.55 bits per heavy atom. The predicted octanol–water partition coefficient (Wildman–Crippen LogP) is 2.23. The number of rotatable bonds is 4. The average Bonchev–Trinajstić information content (AvgIpc) is 2.50. The Bertz CT molecular complexity index is 226. The van der Waals surface area contributed by atoms with Crippen molar-refractivity contribution in [1.82, 2.24) is 0 Å². The molecule has 0 aliphatic rings. The fourth-order valence-electron chi connectivity index (χ4n) is 0.613. The number of furan rings is 1. The Hall–Kier alpha value is -0.960. The van der Waals surface area contributed by atoms with Crippen LogP contribution in [0.2, 0.25) is 0 Å². The lowest BCUT2D eigenvalue weighted by Crippen LogP contribution is -1.69. The van der Waals surface area contributed by atoms with Gasteiger partial charge < -0.3 is 4.42 Å². The maximum Gasteiger partial charge on any atom is 0.143 e. The third-order valence-electron chi connectivity index (χ3n) is 1.06. The van der Waals surface area contributed by atoms with Gasteiger partial charge >= 0.3 is 0 Å². The number of carbonyl (C=O) groups excluding carboxylic acids is 1. The van der Waals surface area contributed by atoms with Crippen LogP contribution in [-0.4, -0.2) is 6.29 Å². The summed E-state index contributed by atoms with van der Waals surface area (Å²) in [5, 5.41) is 1.75. The minimum atomic E-state index is 0.759. The number of hydrogen-bond acceptors (Lipinski definition) is 3. The summed E-state index contributed by atoms with van der Waals surface area (Å²) >= 11 is 1.53. The minimum Gasteiger partial charge on any atom is -0.468 e. The second-order valence-corrected chi connectivity index (χ2v) is 2.75. The molecule has 1 rings (SSSR count). The molecule has 0 bridgehead atoms. The van der Waals surface area contributed by atoms with Crippen LogP contribution in [-0.2, 0) is 10.5 Å². The van der Waals surface area contributed by atoms with E-state index in [2.05, 4.69) is 0 Å². The minimum absolute atomic E-state index is 0.759. The molecule has 0 N–H and O–H groups in total. The van der Waals surface area contributed by atoms with E-state index in [1.807, 2.05) is 12.1 Å². The number of allylic oxidation sites excluding steroid dienone is 1. The smallest absolute Gasteiger partial charge is 0.143 e. The van der Waals surface area contributed by atoms with Crippen LogP contribution in [0.3, 0.4) is 0 Å².